The molecule has 5 aromatic rings. The molecule has 0 fully saturated rings. The van der Waals surface area contributed by atoms with Gasteiger partial charge in [0, 0.05) is 28.0 Å². The Morgan fingerprint density at radius 2 is 1.72 bits per heavy atom. The number of nitrogens with one attached hydrogen (secondary N) is 1. The predicted molar refractivity (Wildman–Crippen MR) is 107 cm³/mol. The monoisotopic (exact) mass is 340 g/mol. The maximum absolute atomic E-state index is 4.50. The lowest BCUT2D eigenvalue weighted by atomic mass is 10.0. The Morgan fingerprint density at radius 1 is 0.880 bits per heavy atom. The van der Waals surface area contributed by atoms with E-state index in [9.17, 15) is 0 Å². The van der Waals surface area contributed by atoms with Crippen LogP contribution in [0.2, 0.25) is 0 Å². The summed E-state index contributed by atoms with van der Waals surface area (Å²) < 4.78 is 0. The van der Waals surface area contributed by atoms with Crippen LogP contribution in [0.3, 0.4) is 0 Å². The van der Waals surface area contributed by atoms with E-state index < -0.39 is 0 Å². The summed E-state index contributed by atoms with van der Waals surface area (Å²) in [5, 5.41) is 4.80. The van der Waals surface area contributed by atoms with Crippen molar-refractivity contribution >= 4 is 33.1 Å². The van der Waals surface area contributed by atoms with Crippen molar-refractivity contribution in [3.63, 3.8) is 0 Å². The number of H-pyrrole nitrogens is 1. The maximum atomic E-state index is 4.50. The number of aromatic amines is 1. The summed E-state index contributed by atoms with van der Waals surface area (Å²) in [6.07, 6.45) is 1.85. The first-order valence-corrected chi connectivity index (χ1v) is 9.19. The molecule has 0 bridgehead atoms. The van der Waals surface area contributed by atoms with Crippen molar-refractivity contribution in [2.24, 2.45) is 0 Å². The third kappa shape index (κ3) is 2.28. The van der Waals surface area contributed by atoms with Gasteiger partial charge in [0.15, 0.2) is 0 Å². The first-order chi connectivity index (χ1) is 12.3. The minimum Gasteiger partial charge on any atom is -0.355 e. The van der Waals surface area contributed by atoms with Crippen LogP contribution in [0.1, 0.15) is 5.56 Å². The summed E-state index contributed by atoms with van der Waals surface area (Å²) in [6, 6.07) is 21.2. The van der Waals surface area contributed by atoms with E-state index >= 15 is 0 Å². The third-order valence-corrected chi connectivity index (χ3v) is 5.86. The Kier molecular flexibility index (Phi) is 3.22. The molecular formula is C22H16N2S. The number of aromatic nitrogens is 2. The molecule has 2 nitrogen and oxygen atoms in total. The molecule has 0 unspecified atom stereocenters. The number of hydrogen-bond acceptors (Lipinski definition) is 2. The average molecular weight is 340 g/mol. The van der Waals surface area contributed by atoms with Crippen LogP contribution in [0.15, 0.2) is 72.2 Å². The number of pyridine rings is 1. The summed E-state index contributed by atoms with van der Waals surface area (Å²) in [5.41, 5.74) is 7.26. The SMILES string of the molecule is Cc1c(-c2ccc3[nH]c4ccccc4c3c2)csc1-c1ccccn1. The quantitative estimate of drug-likeness (QED) is 0.394. The molecule has 0 aliphatic rings. The minimum absolute atomic E-state index is 1.05. The number of benzene rings is 2. The van der Waals surface area contributed by atoms with Crippen LogP contribution >= 0.6 is 11.3 Å². The highest BCUT2D eigenvalue weighted by Gasteiger charge is 2.13. The third-order valence-electron chi connectivity index (χ3n) is 4.75. The fraction of sp³-hybridized carbons (Fsp3) is 0.0455. The van der Waals surface area contributed by atoms with Gasteiger partial charge in [-0.3, -0.25) is 4.98 Å². The van der Waals surface area contributed by atoms with Crippen LogP contribution in [0.25, 0.3) is 43.5 Å². The zero-order valence-electron chi connectivity index (χ0n) is 13.8. The highest BCUT2D eigenvalue weighted by atomic mass is 32.1. The highest BCUT2D eigenvalue weighted by molar-refractivity contribution is 7.14. The van der Waals surface area contributed by atoms with Crippen LogP contribution in [-0.4, -0.2) is 9.97 Å². The van der Waals surface area contributed by atoms with E-state index in [-0.39, 0.29) is 0 Å². The molecule has 1 N–H and O–H groups in total. The molecule has 3 aromatic heterocycles. The molecule has 0 spiro atoms. The molecule has 3 heterocycles. The van der Waals surface area contributed by atoms with Gasteiger partial charge in [-0.15, -0.1) is 11.3 Å². The van der Waals surface area contributed by atoms with Gasteiger partial charge in [0.25, 0.3) is 0 Å². The second-order valence-corrected chi connectivity index (χ2v) is 7.13. The Hall–Kier alpha value is -2.91. The summed E-state index contributed by atoms with van der Waals surface area (Å²) in [6.45, 7) is 2.19. The first-order valence-electron chi connectivity index (χ1n) is 8.31. The van der Waals surface area contributed by atoms with E-state index in [0.717, 1.165) is 5.69 Å². The Bertz CT molecular complexity index is 1200. The Balaban J connectivity index is 1.69. The molecule has 2 aromatic carbocycles. The van der Waals surface area contributed by atoms with Gasteiger partial charge in [0.2, 0.25) is 0 Å². The largest absolute Gasteiger partial charge is 0.355 e. The average Bonchev–Trinajstić information content (AvgIpc) is 3.22. The fourth-order valence-corrected chi connectivity index (χ4v) is 4.54. The van der Waals surface area contributed by atoms with E-state index in [1.54, 1.807) is 11.3 Å². The van der Waals surface area contributed by atoms with Gasteiger partial charge in [-0.25, -0.2) is 0 Å². The Morgan fingerprint density at radius 3 is 2.60 bits per heavy atom. The smallest absolute Gasteiger partial charge is 0.0804 e. The number of nitrogens with zero attached hydrogens (tertiary/aromatic N) is 1. The van der Waals surface area contributed by atoms with E-state index in [1.165, 1.54) is 43.4 Å². The second kappa shape index (κ2) is 5.57. The van der Waals surface area contributed by atoms with Crippen molar-refractivity contribution in [2.45, 2.75) is 6.92 Å². The molecule has 0 amide bonds. The normalized spacial score (nSPS) is 11.4. The molecular weight excluding hydrogens is 324 g/mol. The summed E-state index contributed by atoms with van der Waals surface area (Å²) in [5.74, 6) is 0. The van der Waals surface area contributed by atoms with Gasteiger partial charge in [0.05, 0.1) is 10.6 Å². The molecule has 25 heavy (non-hydrogen) atoms. The van der Waals surface area contributed by atoms with Crippen molar-refractivity contribution < 1.29 is 0 Å². The lowest BCUT2D eigenvalue weighted by Gasteiger charge is -2.03. The molecule has 5 rings (SSSR count). The van der Waals surface area contributed by atoms with Gasteiger partial charge < -0.3 is 4.98 Å². The molecule has 3 heteroatoms. The van der Waals surface area contributed by atoms with Crippen molar-refractivity contribution in [3.05, 3.63) is 77.8 Å². The summed E-state index contributed by atoms with van der Waals surface area (Å²) >= 11 is 1.76. The number of hydrogen-bond donors (Lipinski definition) is 1. The molecule has 0 atom stereocenters. The van der Waals surface area contributed by atoms with E-state index in [4.69, 9.17) is 0 Å². The second-order valence-electron chi connectivity index (χ2n) is 6.25. The zero-order valence-corrected chi connectivity index (χ0v) is 14.6. The van der Waals surface area contributed by atoms with Crippen molar-refractivity contribution in [2.75, 3.05) is 0 Å². The van der Waals surface area contributed by atoms with Crippen molar-refractivity contribution in [1.82, 2.24) is 9.97 Å². The van der Waals surface area contributed by atoms with Crippen LogP contribution in [0, 0.1) is 6.92 Å². The predicted octanol–water partition coefficient (Wildman–Crippen LogP) is 6.42. The maximum Gasteiger partial charge on any atom is 0.0804 e. The molecule has 120 valence electrons. The van der Waals surface area contributed by atoms with Crippen LogP contribution in [0.5, 0.6) is 0 Å². The fourth-order valence-electron chi connectivity index (χ4n) is 3.47. The molecule has 0 radical (unpaired) electrons. The van der Waals surface area contributed by atoms with Crippen molar-refractivity contribution in [1.29, 1.82) is 0 Å². The molecule has 0 saturated heterocycles. The zero-order chi connectivity index (χ0) is 16.8. The van der Waals surface area contributed by atoms with Crippen LogP contribution < -0.4 is 0 Å². The molecule has 0 aliphatic heterocycles. The lowest BCUT2D eigenvalue weighted by Crippen LogP contribution is -1.83. The minimum atomic E-state index is 1.05. The highest BCUT2D eigenvalue weighted by Crippen LogP contribution is 2.38. The summed E-state index contributed by atoms with van der Waals surface area (Å²) in [4.78, 5) is 9.24. The number of para-hydroxylation sites is 1. The Labute approximate surface area is 149 Å². The summed E-state index contributed by atoms with van der Waals surface area (Å²) in [7, 11) is 0. The van der Waals surface area contributed by atoms with Gasteiger partial charge >= 0.3 is 0 Å². The number of thiophene rings is 1. The topological polar surface area (TPSA) is 28.7 Å². The van der Waals surface area contributed by atoms with Crippen LogP contribution in [0.4, 0.5) is 0 Å². The molecule has 0 saturated carbocycles. The van der Waals surface area contributed by atoms with Gasteiger partial charge in [-0.05, 0) is 59.3 Å². The van der Waals surface area contributed by atoms with Gasteiger partial charge in [-0.1, -0.05) is 30.3 Å². The van der Waals surface area contributed by atoms with Crippen LogP contribution in [-0.2, 0) is 0 Å². The van der Waals surface area contributed by atoms with E-state index in [1.807, 2.05) is 18.3 Å². The standard InChI is InChI=1S/C22H16N2S/c1-14-18(13-25-22(14)21-8-4-5-11-23-21)15-9-10-20-17(12-15)16-6-2-3-7-19(16)24-20/h2-13,24H,1H3. The van der Waals surface area contributed by atoms with E-state index in [0.29, 0.717) is 0 Å². The van der Waals surface area contributed by atoms with Gasteiger partial charge in [0.1, 0.15) is 0 Å². The van der Waals surface area contributed by atoms with E-state index in [2.05, 4.69) is 70.8 Å². The number of rotatable bonds is 2. The van der Waals surface area contributed by atoms with Gasteiger partial charge in [-0.2, -0.15) is 0 Å². The first kappa shape index (κ1) is 14.4. The van der Waals surface area contributed by atoms with Crippen molar-refractivity contribution in [3.8, 4) is 21.7 Å². The molecule has 0 aliphatic carbocycles. The lowest BCUT2D eigenvalue weighted by molar-refractivity contribution is 1.33. The number of fused-ring (bicyclic) bond motifs is 3.